The summed E-state index contributed by atoms with van der Waals surface area (Å²) >= 11 is 0. The van der Waals surface area contributed by atoms with Crippen LogP contribution in [0, 0.1) is 5.41 Å². The van der Waals surface area contributed by atoms with Crippen molar-refractivity contribution in [1.29, 1.82) is 0 Å². The monoisotopic (exact) mass is 386 g/mol. The lowest BCUT2D eigenvalue weighted by Gasteiger charge is -2.36. The second kappa shape index (κ2) is 8.64. The summed E-state index contributed by atoms with van der Waals surface area (Å²) in [4.78, 5) is 25.5. The Labute approximate surface area is 168 Å². The van der Waals surface area contributed by atoms with Crippen LogP contribution >= 0.6 is 0 Å². The third-order valence-electron chi connectivity index (χ3n) is 6.03. The van der Waals surface area contributed by atoms with Gasteiger partial charge in [-0.3, -0.25) is 9.59 Å². The Bertz CT molecular complexity index is 679. The van der Waals surface area contributed by atoms with Crippen molar-refractivity contribution in [3.63, 3.8) is 0 Å². The number of amides is 2. The van der Waals surface area contributed by atoms with Crippen LogP contribution in [-0.4, -0.2) is 31.1 Å². The van der Waals surface area contributed by atoms with Crippen LogP contribution in [0.1, 0.15) is 71.3 Å². The highest BCUT2D eigenvalue weighted by atomic mass is 16.5. The van der Waals surface area contributed by atoms with Crippen molar-refractivity contribution in [3.05, 3.63) is 29.8 Å². The molecule has 28 heavy (non-hydrogen) atoms. The molecule has 154 valence electrons. The summed E-state index contributed by atoms with van der Waals surface area (Å²) in [5, 5.41) is 6.13. The maximum absolute atomic E-state index is 13.2. The lowest BCUT2D eigenvalue weighted by atomic mass is 9.68. The number of ether oxygens (including phenoxy) is 1. The highest BCUT2D eigenvalue weighted by Crippen LogP contribution is 2.40. The molecule has 1 aromatic rings. The summed E-state index contributed by atoms with van der Waals surface area (Å²) in [6.07, 6.45) is 7.31. The first kappa shape index (κ1) is 20.8. The van der Waals surface area contributed by atoms with Gasteiger partial charge in [0.1, 0.15) is 0 Å². The van der Waals surface area contributed by atoms with E-state index in [2.05, 4.69) is 10.6 Å². The second-order valence-electron chi connectivity index (χ2n) is 9.27. The van der Waals surface area contributed by atoms with Gasteiger partial charge in [0.05, 0.1) is 11.5 Å². The lowest BCUT2D eigenvalue weighted by Crippen LogP contribution is -2.47. The minimum absolute atomic E-state index is 0.0121. The molecule has 1 unspecified atom stereocenters. The van der Waals surface area contributed by atoms with Crippen LogP contribution in [0.2, 0.25) is 0 Å². The third-order valence-corrected chi connectivity index (χ3v) is 6.03. The predicted molar refractivity (Wildman–Crippen MR) is 111 cm³/mol. The van der Waals surface area contributed by atoms with Gasteiger partial charge in [0.2, 0.25) is 11.8 Å². The fourth-order valence-electron chi connectivity index (χ4n) is 4.17. The Hall–Kier alpha value is -1.88. The van der Waals surface area contributed by atoms with Gasteiger partial charge in [0.15, 0.2) is 0 Å². The molecule has 5 heteroatoms. The van der Waals surface area contributed by atoms with Crippen LogP contribution in [0.4, 0.5) is 5.69 Å². The van der Waals surface area contributed by atoms with Crippen LogP contribution in [-0.2, 0) is 19.7 Å². The zero-order valence-corrected chi connectivity index (χ0v) is 17.5. The third kappa shape index (κ3) is 4.75. The molecule has 1 aliphatic heterocycles. The van der Waals surface area contributed by atoms with Crippen LogP contribution in [0.15, 0.2) is 24.3 Å². The number of hydrogen-bond acceptors (Lipinski definition) is 3. The van der Waals surface area contributed by atoms with Crippen molar-refractivity contribution in [1.82, 2.24) is 5.32 Å². The summed E-state index contributed by atoms with van der Waals surface area (Å²) in [6.45, 7) is 7.08. The molecule has 5 nitrogen and oxygen atoms in total. The topological polar surface area (TPSA) is 67.4 Å². The average Bonchev–Trinajstić information content (AvgIpc) is 3.20. The fraction of sp³-hybridized carbons (Fsp3) is 0.652. The van der Waals surface area contributed by atoms with Crippen LogP contribution in [0.5, 0.6) is 0 Å². The molecule has 0 radical (unpaired) electrons. The zero-order chi connectivity index (χ0) is 20.2. The number of carbonyl (C=O) groups excluding carboxylic acids is 2. The molecule has 1 heterocycles. The van der Waals surface area contributed by atoms with E-state index in [1.807, 2.05) is 45.0 Å². The normalized spacial score (nSPS) is 21.9. The molecule has 1 saturated carbocycles. The molecule has 0 aromatic heterocycles. The fourth-order valence-corrected chi connectivity index (χ4v) is 4.17. The second-order valence-corrected chi connectivity index (χ2v) is 9.27. The zero-order valence-electron chi connectivity index (χ0n) is 17.5. The Kier molecular flexibility index (Phi) is 6.43. The highest BCUT2D eigenvalue weighted by molar-refractivity contribution is 5.94. The van der Waals surface area contributed by atoms with Gasteiger partial charge < -0.3 is 15.4 Å². The number of anilines is 1. The SMILES string of the molecule is CC(C)(C)C(=O)Nc1ccc(C2(C(=O)NCC3CCCO3)CCCCC2)cc1. The minimum Gasteiger partial charge on any atom is -0.376 e. The number of benzene rings is 1. The van der Waals surface area contributed by atoms with E-state index in [0.29, 0.717) is 6.54 Å². The molecular weight excluding hydrogens is 352 g/mol. The molecule has 2 amide bonds. The van der Waals surface area contributed by atoms with Gasteiger partial charge in [-0.1, -0.05) is 52.2 Å². The van der Waals surface area contributed by atoms with Gasteiger partial charge in [-0.25, -0.2) is 0 Å². The van der Waals surface area contributed by atoms with E-state index in [9.17, 15) is 9.59 Å². The number of nitrogens with one attached hydrogen (secondary N) is 2. The van der Waals surface area contributed by atoms with Crippen molar-refractivity contribution >= 4 is 17.5 Å². The molecule has 1 aliphatic carbocycles. The summed E-state index contributed by atoms with van der Waals surface area (Å²) in [5.41, 5.74) is 0.912. The first-order chi connectivity index (χ1) is 13.3. The Morgan fingerprint density at radius 1 is 1.07 bits per heavy atom. The van der Waals surface area contributed by atoms with Crippen molar-refractivity contribution in [2.24, 2.45) is 5.41 Å². The molecule has 0 bridgehead atoms. The van der Waals surface area contributed by atoms with Gasteiger partial charge in [-0.2, -0.15) is 0 Å². The number of rotatable bonds is 5. The summed E-state index contributed by atoms with van der Waals surface area (Å²) in [6, 6.07) is 7.86. The Morgan fingerprint density at radius 2 is 1.75 bits per heavy atom. The summed E-state index contributed by atoms with van der Waals surface area (Å²) in [5.74, 6) is 0.108. The molecular formula is C23H34N2O3. The first-order valence-electron chi connectivity index (χ1n) is 10.6. The van der Waals surface area contributed by atoms with Crippen molar-refractivity contribution < 1.29 is 14.3 Å². The van der Waals surface area contributed by atoms with Gasteiger partial charge in [-0.05, 0) is 43.4 Å². The molecule has 1 atom stereocenters. The predicted octanol–water partition coefficient (Wildman–Crippen LogP) is 4.17. The Balaban J connectivity index is 1.73. The molecule has 2 N–H and O–H groups in total. The molecule has 3 rings (SSSR count). The maximum Gasteiger partial charge on any atom is 0.230 e. The average molecular weight is 387 g/mol. The minimum atomic E-state index is -0.469. The van der Waals surface area contributed by atoms with Gasteiger partial charge in [0, 0.05) is 24.3 Å². The number of hydrogen-bond donors (Lipinski definition) is 2. The van der Waals surface area contributed by atoms with Crippen molar-refractivity contribution in [2.45, 2.75) is 77.2 Å². The van der Waals surface area contributed by atoms with Crippen LogP contribution in [0.3, 0.4) is 0 Å². The van der Waals surface area contributed by atoms with Crippen LogP contribution < -0.4 is 10.6 Å². The van der Waals surface area contributed by atoms with Crippen molar-refractivity contribution in [2.75, 3.05) is 18.5 Å². The van der Waals surface area contributed by atoms with E-state index in [0.717, 1.165) is 56.4 Å². The van der Waals surface area contributed by atoms with E-state index in [-0.39, 0.29) is 17.9 Å². The molecule has 2 fully saturated rings. The van der Waals surface area contributed by atoms with E-state index >= 15 is 0 Å². The Morgan fingerprint density at radius 3 is 2.32 bits per heavy atom. The van der Waals surface area contributed by atoms with E-state index < -0.39 is 10.8 Å². The molecule has 2 aliphatic rings. The van der Waals surface area contributed by atoms with E-state index in [1.54, 1.807) is 0 Å². The van der Waals surface area contributed by atoms with Gasteiger partial charge >= 0.3 is 0 Å². The molecule has 1 saturated heterocycles. The van der Waals surface area contributed by atoms with Crippen LogP contribution in [0.25, 0.3) is 0 Å². The first-order valence-corrected chi connectivity index (χ1v) is 10.6. The largest absolute Gasteiger partial charge is 0.376 e. The highest BCUT2D eigenvalue weighted by Gasteiger charge is 2.41. The van der Waals surface area contributed by atoms with Gasteiger partial charge in [0.25, 0.3) is 0 Å². The number of carbonyl (C=O) groups is 2. The quantitative estimate of drug-likeness (QED) is 0.798. The standard InChI is InChI=1S/C23H34N2O3/c1-22(2,3)20(26)25-18-11-9-17(10-12-18)23(13-5-4-6-14-23)21(27)24-16-19-8-7-15-28-19/h9-12,19H,4-8,13-16H2,1-3H3,(H,24,27)(H,25,26). The van der Waals surface area contributed by atoms with Gasteiger partial charge in [-0.15, -0.1) is 0 Å². The van der Waals surface area contributed by atoms with E-state index in [4.69, 9.17) is 4.74 Å². The maximum atomic E-state index is 13.2. The van der Waals surface area contributed by atoms with E-state index in [1.165, 1.54) is 6.42 Å². The lowest BCUT2D eigenvalue weighted by molar-refractivity contribution is -0.128. The van der Waals surface area contributed by atoms with Crippen molar-refractivity contribution in [3.8, 4) is 0 Å². The molecule has 0 spiro atoms. The summed E-state index contributed by atoms with van der Waals surface area (Å²) in [7, 11) is 0. The summed E-state index contributed by atoms with van der Waals surface area (Å²) < 4.78 is 5.65. The molecule has 1 aromatic carbocycles. The smallest absolute Gasteiger partial charge is 0.230 e.